The fraction of sp³-hybridized carbons (Fsp3) is 0.0417. The summed E-state index contributed by atoms with van der Waals surface area (Å²) in [6, 6.07) is 22.5. The molecule has 2 N–H and O–H groups in total. The van der Waals surface area contributed by atoms with E-state index in [1.807, 2.05) is 60.8 Å². The highest BCUT2D eigenvalue weighted by Gasteiger charge is 2.13. The zero-order chi connectivity index (χ0) is 21.4. The molecule has 152 valence electrons. The lowest BCUT2D eigenvalue weighted by molar-refractivity contribution is 0.410. The summed E-state index contributed by atoms with van der Waals surface area (Å²) in [6.07, 6.45) is 1.83. The molecule has 0 unspecified atom stereocenters. The smallest absolute Gasteiger partial charge is 0.336 e. The number of rotatable bonds is 4. The molecule has 0 radical (unpaired) electrons. The molecular formula is C24H18N4O3. The Kier molecular flexibility index (Phi) is 4.48. The van der Waals surface area contributed by atoms with Crippen molar-refractivity contribution in [3.8, 4) is 33.8 Å². The number of hydrogen-bond donors (Lipinski definition) is 1. The number of ether oxygens (including phenoxy) is 1. The van der Waals surface area contributed by atoms with Crippen molar-refractivity contribution >= 4 is 16.7 Å². The van der Waals surface area contributed by atoms with E-state index in [2.05, 4.69) is 10.3 Å². The minimum absolute atomic E-state index is 0.409. The van der Waals surface area contributed by atoms with Gasteiger partial charge >= 0.3 is 5.63 Å². The normalized spacial score (nSPS) is 11.0. The van der Waals surface area contributed by atoms with Crippen LogP contribution in [0.3, 0.4) is 0 Å². The van der Waals surface area contributed by atoms with E-state index in [0.717, 1.165) is 33.5 Å². The van der Waals surface area contributed by atoms with Crippen molar-refractivity contribution in [2.24, 2.45) is 0 Å². The lowest BCUT2D eigenvalue weighted by atomic mass is 10.0. The van der Waals surface area contributed by atoms with Crippen LogP contribution in [0.4, 0.5) is 5.69 Å². The molecule has 3 aromatic carbocycles. The van der Waals surface area contributed by atoms with E-state index >= 15 is 0 Å². The van der Waals surface area contributed by atoms with Crippen LogP contribution in [0.25, 0.3) is 39.0 Å². The second kappa shape index (κ2) is 7.46. The third-order valence-electron chi connectivity index (χ3n) is 5.09. The first kappa shape index (κ1) is 18.6. The summed E-state index contributed by atoms with van der Waals surface area (Å²) >= 11 is 0. The van der Waals surface area contributed by atoms with Crippen LogP contribution in [0.2, 0.25) is 0 Å². The van der Waals surface area contributed by atoms with Crippen molar-refractivity contribution in [2.75, 3.05) is 12.8 Å². The SMILES string of the molecule is COc1cc2oc(=O)ccc2cc1-n1cc(-c2ccc(-c3ccc(N)cc3)cc2)nn1. The number of nitrogen functional groups attached to an aromatic ring is 1. The number of nitrogens with two attached hydrogens (primary N) is 1. The first-order chi connectivity index (χ1) is 15.1. The molecule has 0 fully saturated rings. The van der Waals surface area contributed by atoms with Gasteiger partial charge in [-0.3, -0.25) is 0 Å². The first-order valence-corrected chi connectivity index (χ1v) is 9.62. The molecule has 0 spiro atoms. The fourth-order valence-electron chi connectivity index (χ4n) is 3.45. The quantitative estimate of drug-likeness (QED) is 0.351. The van der Waals surface area contributed by atoms with Crippen molar-refractivity contribution in [2.45, 2.75) is 0 Å². The third-order valence-corrected chi connectivity index (χ3v) is 5.09. The zero-order valence-corrected chi connectivity index (χ0v) is 16.6. The number of anilines is 1. The van der Waals surface area contributed by atoms with Crippen molar-refractivity contribution in [3.63, 3.8) is 0 Å². The van der Waals surface area contributed by atoms with Crippen LogP contribution in [0.5, 0.6) is 5.75 Å². The maximum absolute atomic E-state index is 11.5. The summed E-state index contributed by atoms with van der Waals surface area (Å²) in [5.41, 5.74) is 11.1. The molecule has 0 aliphatic heterocycles. The van der Waals surface area contributed by atoms with Gasteiger partial charge < -0.3 is 14.9 Å². The Morgan fingerprint density at radius 1 is 0.903 bits per heavy atom. The molecule has 7 heteroatoms. The maximum atomic E-state index is 11.5. The van der Waals surface area contributed by atoms with Gasteiger partial charge in [-0.1, -0.05) is 41.6 Å². The number of fused-ring (bicyclic) bond motifs is 1. The molecule has 5 aromatic rings. The van der Waals surface area contributed by atoms with Gasteiger partial charge in [-0.25, -0.2) is 9.48 Å². The van der Waals surface area contributed by atoms with E-state index in [1.54, 1.807) is 23.9 Å². The minimum Gasteiger partial charge on any atom is -0.494 e. The summed E-state index contributed by atoms with van der Waals surface area (Å²) < 4.78 is 12.4. The van der Waals surface area contributed by atoms with E-state index in [4.69, 9.17) is 14.9 Å². The molecule has 2 aromatic heterocycles. The molecule has 0 atom stereocenters. The summed E-state index contributed by atoms with van der Waals surface area (Å²) in [7, 11) is 1.56. The highest BCUT2D eigenvalue weighted by molar-refractivity contribution is 5.82. The van der Waals surface area contributed by atoms with Crippen LogP contribution in [0.15, 0.2) is 88.2 Å². The summed E-state index contributed by atoms with van der Waals surface area (Å²) in [4.78, 5) is 11.5. The van der Waals surface area contributed by atoms with Gasteiger partial charge in [0.25, 0.3) is 0 Å². The Labute approximate surface area is 177 Å². The number of benzene rings is 3. The van der Waals surface area contributed by atoms with Gasteiger partial charge in [0.1, 0.15) is 22.7 Å². The highest BCUT2D eigenvalue weighted by Crippen LogP contribution is 2.29. The molecule has 0 amide bonds. The summed E-state index contributed by atoms with van der Waals surface area (Å²) in [5, 5.41) is 9.34. The van der Waals surface area contributed by atoms with Gasteiger partial charge in [0.2, 0.25) is 0 Å². The number of methoxy groups -OCH3 is 1. The predicted molar refractivity (Wildman–Crippen MR) is 119 cm³/mol. The molecule has 0 bridgehead atoms. The monoisotopic (exact) mass is 410 g/mol. The topological polar surface area (TPSA) is 96.2 Å². The summed E-state index contributed by atoms with van der Waals surface area (Å²) in [5.74, 6) is 0.525. The molecule has 0 aliphatic carbocycles. The predicted octanol–water partition coefficient (Wildman–Crippen LogP) is 4.30. The van der Waals surface area contributed by atoms with Gasteiger partial charge in [-0.15, -0.1) is 5.10 Å². The molecule has 0 aliphatic rings. The largest absolute Gasteiger partial charge is 0.494 e. The Hall–Kier alpha value is -4.39. The number of nitrogens with zero attached hydrogens (tertiary/aromatic N) is 3. The average Bonchev–Trinajstić information content (AvgIpc) is 3.29. The number of hydrogen-bond acceptors (Lipinski definition) is 6. The molecule has 5 rings (SSSR count). The van der Waals surface area contributed by atoms with Gasteiger partial charge in [0.05, 0.1) is 13.3 Å². The Morgan fingerprint density at radius 2 is 1.58 bits per heavy atom. The van der Waals surface area contributed by atoms with Crippen LogP contribution in [-0.2, 0) is 0 Å². The van der Waals surface area contributed by atoms with E-state index < -0.39 is 5.63 Å². The molecule has 2 heterocycles. The lowest BCUT2D eigenvalue weighted by Gasteiger charge is -2.09. The van der Waals surface area contributed by atoms with Crippen LogP contribution >= 0.6 is 0 Å². The second-order valence-corrected chi connectivity index (χ2v) is 7.06. The van der Waals surface area contributed by atoms with Gasteiger partial charge in [0, 0.05) is 28.8 Å². The lowest BCUT2D eigenvalue weighted by Crippen LogP contribution is -2.01. The van der Waals surface area contributed by atoms with Crippen molar-refractivity contribution < 1.29 is 9.15 Å². The van der Waals surface area contributed by atoms with Crippen molar-refractivity contribution in [1.29, 1.82) is 0 Å². The molecule has 0 saturated carbocycles. The first-order valence-electron chi connectivity index (χ1n) is 9.62. The Balaban J connectivity index is 1.49. The second-order valence-electron chi connectivity index (χ2n) is 7.06. The van der Waals surface area contributed by atoms with E-state index in [0.29, 0.717) is 17.0 Å². The number of aromatic nitrogens is 3. The minimum atomic E-state index is -0.409. The van der Waals surface area contributed by atoms with Gasteiger partial charge in [-0.05, 0) is 35.4 Å². The molecular weight excluding hydrogens is 392 g/mol. The molecule has 7 nitrogen and oxygen atoms in total. The van der Waals surface area contributed by atoms with E-state index in [-0.39, 0.29) is 0 Å². The Bertz CT molecular complexity index is 1430. The van der Waals surface area contributed by atoms with E-state index in [1.165, 1.54) is 6.07 Å². The highest BCUT2D eigenvalue weighted by atomic mass is 16.5. The summed E-state index contributed by atoms with van der Waals surface area (Å²) in [6.45, 7) is 0. The Morgan fingerprint density at radius 3 is 2.29 bits per heavy atom. The third kappa shape index (κ3) is 3.53. The molecule has 0 saturated heterocycles. The van der Waals surface area contributed by atoms with Crippen molar-refractivity contribution in [3.05, 3.63) is 89.4 Å². The van der Waals surface area contributed by atoms with E-state index in [9.17, 15) is 4.79 Å². The zero-order valence-electron chi connectivity index (χ0n) is 16.6. The maximum Gasteiger partial charge on any atom is 0.336 e. The molecule has 31 heavy (non-hydrogen) atoms. The van der Waals surface area contributed by atoms with Crippen LogP contribution in [0.1, 0.15) is 0 Å². The van der Waals surface area contributed by atoms with Gasteiger partial charge in [0.15, 0.2) is 0 Å². The van der Waals surface area contributed by atoms with Crippen LogP contribution in [-0.4, -0.2) is 22.1 Å². The van der Waals surface area contributed by atoms with Crippen molar-refractivity contribution in [1.82, 2.24) is 15.0 Å². The van der Waals surface area contributed by atoms with Crippen LogP contribution in [0, 0.1) is 0 Å². The van der Waals surface area contributed by atoms with Crippen LogP contribution < -0.4 is 16.1 Å². The van der Waals surface area contributed by atoms with Gasteiger partial charge in [-0.2, -0.15) is 0 Å². The standard InChI is InChI=1S/C24H18N4O3/c1-30-23-13-22-18(8-11-24(29)31-22)12-21(23)28-14-20(26-27-28)17-4-2-15(3-5-17)16-6-9-19(25)10-7-16/h2-14H,25H2,1H3. The fourth-order valence-corrected chi connectivity index (χ4v) is 3.45. The average molecular weight is 410 g/mol.